The third-order valence-electron chi connectivity index (χ3n) is 4.49. The van der Waals surface area contributed by atoms with Crippen LogP contribution >= 0.6 is 0 Å². The van der Waals surface area contributed by atoms with Gasteiger partial charge < -0.3 is 9.47 Å². The lowest BCUT2D eigenvalue weighted by molar-refractivity contribution is -0.180. The lowest BCUT2D eigenvalue weighted by Crippen LogP contribution is -2.42. The highest BCUT2D eigenvalue weighted by molar-refractivity contribution is 6.00. The van der Waals surface area contributed by atoms with E-state index in [0.717, 1.165) is 11.1 Å². The van der Waals surface area contributed by atoms with Gasteiger partial charge in [-0.1, -0.05) is 72.8 Å². The molecule has 2 aromatic carbocycles. The second kappa shape index (κ2) is 9.55. The van der Waals surface area contributed by atoms with E-state index in [1.807, 2.05) is 72.8 Å². The molecule has 0 amide bonds. The van der Waals surface area contributed by atoms with Gasteiger partial charge in [-0.05, 0) is 52.2 Å². The van der Waals surface area contributed by atoms with Crippen molar-refractivity contribution in [2.75, 3.05) is 0 Å². The lowest BCUT2D eigenvalue weighted by Gasteiger charge is -2.30. The monoisotopic (exact) mass is 394 g/mol. The molecule has 0 heterocycles. The minimum atomic E-state index is -1.44. The quantitative estimate of drug-likeness (QED) is 0.444. The Morgan fingerprint density at radius 1 is 0.897 bits per heavy atom. The van der Waals surface area contributed by atoms with Crippen LogP contribution in [0.15, 0.2) is 66.7 Å². The van der Waals surface area contributed by atoms with Gasteiger partial charge in [0.1, 0.15) is 11.7 Å². The number of rotatable bonds is 7. The Morgan fingerprint density at radius 2 is 1.45 bits per heavy atom. The van der Waals surface area contributed by atoms with E-state index in [1.54, 1.807) is 34.6 Å². The summed E-state index contributed by atoms with van der Waals surface area (Å²) in [4.78, 5) is 26.0. The fourth-order valence-corrected chi connectivity index (χ4v) is 2.72. The van der Waals surface area contributed by atoms with Gasteiger partial charge in [0.05, 0.1) is 0 Å². The number of hydrogen-bond donors (Lipinski definition) is 0. The van der Waals surface area contributed by atoms with Crippen molar-refractivity contribution in [2.45, 2.75) is 52.7 Å². The van der Waals surface area contributed by atoms with E-state index in [-0.39, 0.29) is 6.42 Å². The van der Waals surface area contributed by atoms with Gasteiger partial charge in [-0.2, -0.15) is 0 Å². The molecule has 4 nitrogen and oxygen atoms in total. The molecule has 29 heavy (non-hydrogen) atoms. The Kier molecular flexibility index (Phi) is 7.38. The molecule has 0 aliphatic heterocycles. The van der Waals surface area contributed by atoms with Crippen LogP contribution in [0.5, 0.6) is 0 Å². The van der Waals surface area contributed by atoms with Crippen LogP contribution in [-0.2, 0) is 19.1 Å². The Balaban J connectivity index is 2.21. The van der Waals surface area contributed by atoms with Gasteiger partial charge in [0, 0.05) is 0 Å². The molecule has 0 bridgehead atoms. The fraction of sp³-hybridized carbons (Fsp3) is 0.360. The number of allylic oxidation sites excluding steroid dienone is 1. The first kappa shape index (κ1) is 22.4. The average molecular weight is 395 g/mol. The summed E-state index contributed by atoms with van der Waals surface area (Å²) in [6, 6.07) is 19.2. The van der Waals surface area contributed by atoms with Crippen LogP contribution in [0.2, 0.25) is 0 Å². The molecule has 0 N–H and O–H groups in total. The van der Waals surface area contributed by atoms with Crippen molar-refractivity contribution in [1.29, 1.82) is 0 Å². The van der Waals surface area contributed by atoms with Crippen molar-refractivity contribution < 1.29 is 19.1 Å². The molecular weight excluding hydrogens is 364 g/mol. The topological polar surface area (TPSA) is 52.6 Å². The second-order valence-electron chi connectivity index (χ2n) is 8.31. The third kappa shape index (κ3) is 6.60. The summed E-state index contributed by atoms with van der Waals surface area (Å²) in [6.45, 7) is 8.72. The van der Waals surface area contributed by atoms with E-state index in [9.17, 15) is 9.59 Å². The molecule has 0 aromatic heterocycles. The van der Waals surface area contributed by atoms with Gasteiger partial charge in [0.15, 0.2) is 5.41 Å². The first-order valence-corrected chi connectivity index (χ1v) is 9.83. The largest absolute Gasteiger partial charge is 0.459 e. The molecule has 0 spiro atoms. The molecule has 0 unspecified atom stereocenters. The maximum atomic E-state index is 13.1. The Bertz CT molecular complexity index is 834. The van der Waals surface area contributed by atoms with E-state index in [1.165, 1.54) is 0 Å². The highest BCUT2D eigenvalue weighted by atomic mass is 16.6. The zero-order valence-electron chi connectivity index (χ0n) is 17.8. The van der Waals surface area contributed by atoms with Gasteiger partial charge in [0.25, 0.3) is 0 Å². The van der Waals surface area contributed by atoms with Crippen molar-refractivity contribution in [3.8, 4) is 0 Å². The molecule has 2 rings (SSSR count). The Morgan fingerprint density at radius 3 is 2.00 bits per heavy atom. The van der Waals surface area contributed by atoms with Gasteiger partial charge in [-0.25, -0.2) is 0 Å². The first-order valence-electron chi connectivity index (χ1n) is 9.83. The number of esters is 2. The average Bonchev–Trinajstić information content (AvgIpc) is 2.68. The summed E-state index contributed by atoms with van der Waals surface area (Å²) >= 11 is 0. The van der Waals surface area contributed by atoms with Crippen LogP contribution in [0.1, 0.15) is 58.3 Å². The normalized spacial score (nSPS) is 14.8. The van der Waals surface area contributed by atoms with Crippen molar-refractivity contribution >= 4 is 18.0 Å². The van der Waals surface area contributed by atoms with Crippen molar-refractivity contribution in [3.05, 3.63) is 77.9 Å². The maximum Gasteiger partial charge on any atom is 0.324 e. The summed E-state index contributed by atoms with van der Waals surface area (Å²) in [5, 5.41) is 0. The molecule has 0 fully saturated rings. The van der Waals surface area contributed by atoms with Crippen LogP contribution < -0.4 is 0 Å². The molecule has 0 aliphatic rings. The molecular formula is C25H30O4. The number of carbonyl (C=O) groups excluding carboxylic acids is 2. The smallest absolute Gasteiger partial charge is 0.324 e. The van der Waals surface area contributed by atoms with Gasteiger partial charge in [-0.15, -0.1) is 0 Å². The van der Waals surface area contributed by atoms with Crippen LogP contribution in [0, 0.1) is 5.41 Å². The fourth-order valence-electron chi connectivity index (χ4n) is 2.72. The molecule has 0 radical (unpaired) electrons. The number of ether oxygens (including phenoxy) is 2. The molecule has 2 aromatic rings. The van der Waals surface area contributed by atoms with E-state index in [0.29, 0.717) is 0 Å². The van der Waals surface area contributed by atoms with E-state index >= 15 is 0 Å². The summed E-state index contributed by atoms with van der Waals surface area (Å²) < 4.78 is 11.2. The molecule has 0 aliphatic carbocycles. The van der Waals surface area contributed by atoms with Crippen LogP contribution in [0.4, 0.5) is 0 Å². The highest BCUT2D eigenvalue weighted by Gasteiger charge is 2.45. The summed E-state index contributed by atoms with van der Waals surface area (Å²) in [7, 11) is 0. The Labute approximate surface area is 173 Å². The van der Waals surface area contributed by atoms with E-state index in [2.05, 4.69) is 0 Å². The van der Waals surface area contributed by atoms with Gasteiger partial charge in [0.2, 0.25) is 0 Å². The Hall–Kier alpha value is -2.88. The predicted molar refractivity (Wildman–Crippen MR) is 115 cm³/mol. The van der Waals surface area contributed by atoms with Gasteiger partial charge >= 0.3 is 11.9 Å². The molecule has 154 valence electrons. The maximum absolute atomic E-state index is 13.1. The van der Waals surface area contributed by atoms with E-state index < -0.39 is 29.1 Å². The molecule has 0 saturated carbocycles. The van der Waals surface area contributed by atoms with E-state index in [4.69, 9.17) is 9.47 Å². The minimum absolute atomic E-state index is 0.178. The standard InChI is InChI=1S/C25H30O4/c1-19(21-16-10-7-11-17-21)28-22(26)25(5,23(27)29-24(2,3)4)18-12-15-20-13-8-6-9-14-20/h6-17,19H,18H2,1-5H3/b15-12+/t19-,25+/m1/s1. The van der Waals surface area contributed by atoms with Crippen molar-refractivity contribution in [2.24, 2.45) is 5.41 Å². The first-order chi connectivity index (χ1) is 13.6. The number of benzene rings is 2. The van der Waals surface area contributed by atoms with Crippen LogP contribution in [-0.4, -0.2) is 17.5 Å². The number of carbonyl (C=O) groups is 2. The zero-order valence-corrected chi connectivity index (χ0v) is 17.8. The predicted octanol–water partition coefficient (Wildman–Crippen LogP) is 5.74. The zero-order chi connectivity index (χ0) is 21.5. The molecule has 2 atom stereocenters. The summed E-state index contributed by atoms with van der Waals surface area (Å²) in [5.41, 5.74) is -0.286. The van der Waals surface area contributed by atoms with Gasteiger partial charge in [-0.3, -0.25) is 9.59 Å². The van der Waals surface area contributed by atoms with Crippen LogP contribution in [0.3, 0.4) is 0 Å². The van der Waals surface area contributed by atoms with Crippen molar-refractivity contribution in [3.63, 3.8) is 0 Å². The molecule has 4 heteroatoms. The van der Waals surface area contributed by atoms with Crippen LogP contribution in [0.25, 0.3) is 6.08 Å². The summed E-state index contributed by atoms with van der Waals surface area (Å²) in [6.07, 6.45) is 3.41. The number of hydrogen-bond acceptors (Lipinski definition) is 4. The van der Waals surface area contributed by atoms with Crippen molar-refractivity contribution in [1.82, 2.24) is 0 Å². The highest BCUT2D eigenvalue weighted by Crippen LogP contribution is 2.31. The SMILES string of the molecule is C[C@@H](OC(=O)[C@](C)(C/C=C/c1ccccc1)C(=O)OC(C)(C)C)c1ccccc1. The molecule has 0 saturated heterocycles. The second-order valence-corrected chi connectivity index (χ2v) is 8.31. The lowest BCUT2D eigenvalue weighted by atomic mass is 9.86. The summed E-state index contributed by atoms with van der Waals surface area (Å²) in [5.74, 6) is -1.19. The minimum Gasteiger partial charge on any atom is -0.459 e. The third-order valence-corrected chi connectivity index (χ3v) is 4.49.